The first-order valence-corrected chi connectivity index (χ1v) is 6.87. The van der Waals surface area contributed by atoms with Gasteiger partial charge >= 0.3 is 0 Å². The van der Waals surface area contributed by atoms with Crippen molar-refractivity contribution in [3.05, 3.63) is 41.0 Å². The molecule has 1 aliphatic heterocycles. The molecule has 1 heterocycles. The Morgan fingerprint density at radius 2 is 1.50 bits per heavy atom. The zero-order valence-electron chi connectivity index (χ0n) is 11.5. The van der Waals surface area contributed by atoms with E-state index in [0.29, 0.717) is 5.75 Å². The topological polar surface area (TPSA) is 49.7 Å². The summed E-state index contributed by atoms with van der Waals surface area (Å²) >= 11 is 0. The van der Waals surface area contributed by atoms with Crippen molar-refractivity contribution in [3.8, 4) is 28.4 Å². The molecule has 0 radical (unpaired) electrons. The lowest BCUT2D eigenvalue weighted by Crippen LogP contribution is -2.21. The molecule has 0 bridgehead atoms. The van der Waals surface area contributed by atoms with E-state index in [4.69, 9.17) is 4.74 Å². The standard InChI is InChI=1S/C17H16O3/c1-9-5-11-12-6-10(2)15(19)8-16(12)20-17(3-4-17)13(11)7-14(9)18/h5-8,18-19H,3-4H2,1-2H3. The third-order valence-corrected chi connectivity index (χ3v) is 4.42. The Morgan fingerprint density at radius 3 is 2.15 bits per heavy atom. The molecule has 0 amide bonds. The highest BCUT2D eigenvalue weighted by atomic mass is 16.5. The lowest BCUT2D eigenvalue weighted by molar-refractivity contribution is 0.176. The third-order valence-electron chi connectivity index (χ3n) is 4.42. The van der Waals surface area contributed by atoms with E-state index in [1.165, 1.54) is 0 Å². The molecule has 2 N–H and O–H groups in total. The van der Waals surface area contributed by atoms with Crippen LogP contribution in [0.2, 0.25) is 0 Å². The normalized spacial score (nSPS) is 17.3. The Balaban J connectivity index is 2.04. The van der Waals surface area contributed by atoms with E-state index in [0.717, 1.165) is 46.4 Å². The van der Waals surface area contributed by atoms with Crippen molar-refractivity contribution in [2.24, 2.45) is 0 Å². The molecule has 1 fully saturated rings. The number of ether oxygens (including phenoxy) is 1. The van der Waals surface area contributed by atoms with Crippen LogP contribution in [-0.4, -0.2) is 10.2 Å². The fourth-order valence-corrected chi connectivity index (χ4v) is 3.02. The van der Waals surface area contributed by atoms with Crippen LogP contribution in [0, 0.1) is 13.8 Å². The number of benzene rings is 2. The van der Waals surface area contributed by atoms with Gasteiger partial charge in [-0.1, -0.05) is 0 Å². The average molecular weight is 268 g/mol. The smallest absolute Gasteiger partial charge is 0.135 e. The molecule has 3 heteroatoms. The zero-order valence-corrected chi connectivity index (χ0v) is 11.5. The molecule has 20 heavy (non-hydrogen) atoms. The number of phenols is 2. The summed E-state index contributed by atoms with van der Waals surface area (Å²) in [7, 11) is 0. The molecule has 0 saturated heterocycles. The molecular formula is C17H16O3. The number of phenolic OH excluding ortho intramolecular Hbond substituents is 2. The van der Waals surface area contributed by atoms with Crippen LogP contribution in [0.3, 0.4) is 0 Å². The Morgan fingerprint density at radius 1 is 0.900 bits per heavy atom. The van der Waals surface area contributed by atoms with Crippen molar-refractivity contribution in [2.45, 2.75) is 32.3 Å². The van der Waals surface area contributed by atoms with Gasteiger partial charge in [-0.05, 0) is 61.6 Å². The molecular weight excluding hydrogens is 252 g/mol. The lowest BCUT2D eigenvalue weighted by Gasteiger charge is -2.30. The fraction of sp³-hybridized carbons (Fsp3) is 0.294. The van der Waals surface area contributed by atoms with Gasteiger partial charge in [0.2, 0.25) is 0 Å². The first-order chi connectivity index (χ1) is 9.50. The minimum Gasteiger partial charge on any atom is -0.508 e. The van der Waals surface area contributed by atoms with Gasteiger partial charge in [0.1, 0.15) is 22.8 Å². The van der Waals surface area contributed by atoms with Crippen LogP contribution < -0.4 is 4.74 Å². The number of rotatable bonds is 0. The summed E-state index contributed by atoms with van der Waals surface area (Å²) in [4.78, 5) is 0. The van der Waals surface area contributed by atoms with Crippen LogP contribution in [-0.2, 0) is 5.60 Å². The quantitative estimate of drug-likeness (QED) is 0.764. The zero-order chi connectivity index (χ0) is 14.1. The molecule has 1 aliphatic carbocycles. The van der Waals surface area contributed by atoms with Gasteiger partial charge < -0.3 is 14.9 Å². The van der Waals surface area contributed by atoms with Gasteiger partial charge in [0.05, 0.1) is 0 Å². The maximum absolute atomic E-state index is 9.99. The largest absolute Gasteiger partial charge is 0.508 e. The third kappa shape index (κ3) is 1.40. The minimum atomic E-state index is -0.296. The molecule has 0 unspecified atom stereocenters. The van der Waals surface area contributed by atoms with Crippen LogP contribution in [0.5, 0.6) is 17.2 Å². The molecule has 1 spiro atoms. The van der Waals surface area contributed by atoms with Gasteiger partial charge in [0.15, 0.2) is 0 Å². The van der Waals surface area contributed by atoms with E-state index in [9.17, 15) is 10.2 Å². The predicted molar refractivity (Wildman–Crippen MR) is 76.2 cm³/mol. The Hall–Kier alpha value is -2.16. The monoisotopic (exact) mass is 268 g/mol. The van der Waals surface area contributed by atoms with Gasteiger partial charge in [-0.25, -0.2) is 0 Å². The average Bonchev–Trinajstić information content (AvgIpc) is 3.16. The minimum absolute atomic E-state index is 0.263. The Bertz CT molecular complexity index is 742. The van der Waals surface area contributed by atoms with Crippen molar-refractivity contribution in [3.63, 3.8) is 0 Å². The van der Waals surface area contributed by atoms with E-state index in [1.807, 2.05) is 32.0 Å². The molecule has 4 rings (SSSR count). The summed E-state index contributed by atoms with van der Waals surface area (Å²) in [6.07, 6.45) is 1.91. The predicted octanol–water partition coefficient (Wildman–Crippen LogP) is 3.76. The number of aryl methyl sites for hydroxylation is 2. The van der Waals surface area contributed by atoms with Gasteiger partial charge in [-0.15, -0.1) is 0 Å². The van der Waals surface area contributed by atoms with Gasteiger partial charge in [0.25, 0.3) is 0 Å². The second kappa shape index (κ2) is 3.48. The molecule has 0 atom stereocenters. The van der Waals surface area contributed by atoms with Crippen molar-refractivity contribution >= 4 is 0 Å². The SMILES string of the molecule is Cc1cc2c(cc1O)OC1(CC1)c1cc(O)c(C)cc1-2. The Labute approximate surface area is 117 Å². The van der Waals surface area contributed by atoms with Crippen molar-refractivity contribution in [1.29, 1.82) is 0 Å². The maximum atomic E-state index is 9.99. The molecule has 2 aliphatic rings. The lowest BCUT2D eigenvalue weighted by atomic mass is 9.89. The summed E-state index contributed by atoms with van der Waals surface area (Å²) in [6, 6.07) is 7.51. The van der Waals surface area contributed by atoms with Crippen LogP contribution in [0.1, 0.15) is 29.5 Å². The number of hydrogen-bond donors (Lipinski definition) is 2. The van der Waals surface area contributed by atoms with Crippen LogP contribution in [0.15, 0.2) is 24.3 Å². The first kappa shape index (κ1) is 11.6. The summed E-state index contributed by atoms with van der Waals surface area (Å²) in [5, 5.41) is 19.9. The molecule has 2 aromatic carbocycles. The van der Waals surface area contributed by atoms with E-state index < -0.39 is 0 Å². The summed E-state index contributed by atoms with van der Waals surface area (Å²) in [6.45, 7) is 3.78. The highest BCUT2D eigenvalue weighted by molar-refractivity contribution is 5.80. The molecule has 102 valence electrons. The summed E-state index contributed by atoms with van der Waals surface area (Å²) in [5.41, 5.74) is 4.57. The van der Waals surface area contributed by atoms with Gasteiger partial charge in [0, 0.05) is 17.2 Å². The summed E-state index contributed by atoms with van der Waals surface area (Å²) in [5.74, 6) is 1.32. The van der Waals surface area contributed by atoms with Crippen molar-refractivity contribution in [2.75, 3.05) is 0 Å². The van der Waals surface area contributed by atoms with Crippen molar-refractivity contribution in [1.82, 2.24) is 0 Å². The van der Waals surface area contributed by atoms with Crippen LogP contribution >= 0.6 is 0 Å². The molecule has 1 saturated carbocycles. The van der Waals surface area contributed by atoms with Gasteiger partial charge in [-0.2, -0.15) is 0 Å². The number of aromatic hydroxyl groups is 2. The molecule has 2 aromatic rings. The first-order valence-electron chi connectivity index (χ1n) is 6.87. The van der Waals surface area contributed by atoms with E-state index >= 15 is 0 Å². The Kier molecular flexibility index (Phi) is 2.03. The second-order valence-corrected chi connectivity index (χ2v) is 5.92. The number of fused-ring (bicyclic) bond motifs is 4. The molecule has 0 aromatic heterocycles. The maximum Gasteiger partial charge on any atom is 0.135 e. The second-order valence-electron chi connectivity index (χ2n) is 5.92. The number of hydrogen-bond acceptors (Lipinski definition) is 3. The van der Waals surface area contributed by atoms with Crippen LogP contribution in [0.4, 0.5) is 0 Å². The van der Waals surface area contributed by atoms with Gasteiger partial charge in [-0.3, -0.25) is 0 Å². The van der Waals surface area contributed by atoms with E-state index in [1.54, 1.807) is 6.07 Å². The molecule has 3 nitrogen and oxygen atoms in total. The van der Waals surface area contributed by atoms with Crippen molar-refractivity contribution < 1.29 is 14.9 Å². The highest BCUT2D eigenvalue weighted by Gasteiger charge is 2.51. The fourth-order valence-electron chi connectivity index (χ4n) is 3.02. The van der Waals surface area contributed by atoms with Crippen LogP contribution in [0.25, 0.3) is 11.1 Å². The highest BCUT2D eigenvalue weighted by Crippen LogP contribution is 2.58. The summed E-state index contributed by atoms with van der Waals surface area (Å²) < 4.78 is 6.12. The van der Waals surface area contributed by atoms with E-state index in [-0.39, 0.29) is 11.4 Å². The van der Waals surface area contributed by atoms with E-state index in [2.05, 4.69) is 0 Å².